The van der Waals surface area contributed by atoms with Crippen molar-refractivity contribution in [2.75, 3.05) is 5.73 Å². The minimum atomic E-state index is -3.63. The van der Waals surface area contributed by atoms with Gasteiger partial charge in [-0.25, -0.2) is 8.42 Å². The number of halogens is 2. The molecule has 2 aromatic carbocycles. The smallest absolute Gasteiger partial charge is 0.245 e. The van der Waals surface area contributed by atoms with Crippen molar-refractivity contribution in [2.24, 2.45) is 0 Å². The first-order valence-corrected chi connectivity index (χ1v) is 8.81. The van der Waals surface area contributed by atoms with Crippen LogP contribution < -0.4 is 5.73 Å². The summed E-state index contributed by atoms with van der Waals surface area (Å²) in [6.45, 7) is 0.652. The average Bonchev–Trinajstić information content (AvgIpc) is 2.81. The van der Waals surface area contributed by atoms with E-state index in [1.165, 1.54) is 10.4 Å². The maximum absolute atomic E-state index is 12.7. The lowest BCUT2D eigenvalue weighted by Gasteiger charge is -2.16. The van der Waals surface area contributed by atoms with Crippen molar-refractivity contribution in [3.63, 3.8) is 0 Å². The van der Waals surface area contributed by atoms with Crippen LogP contribution in [0.25, 0.3) is 0 Å². The van der Waals surface area contributed by atoms with Crippen LogP contribution in [0, 0.1) is 0 Å². The summed E-state index contributed by atoms with van der Waals surface area (Å²) in [6.07, 6.45) is 0. The molecule has 0 radical (unpaired) electrons. The van der Waals surface area contributed by atoms with Gasteiger partial charge in [0.15, 0.2) is 0 Å². The molecule has 2 N–H and O–H groups in total. The Kier molecular flexibility index (Phi) is 3.73. The van der Waals surface area contributed by atoms with E-state index in [4.69, 9.17) is 17.3 Å². The molecule has 0 unspecified atom stereocenters. The van der Waals surface area contributed by atoms with E-state index in [1.807, 2.05) is 12.1 Å². The summed E-state index contributed by atoms with van der Waals surface area (Å²) in [6, 6.07) is 10.2. The van der Waals surface area contributed by atoms with E-state index < -0.39 is 10.0 Å². The Hall–Kier alpha value is -1.08. The third kappa shape index (κ3) is 2.68. The molecule has 1 aliphatic heterocycles. The third-order valence-corrected chi connectivity index (χ3v) is 6.20. The minimum Gasteiger partial charge on any atom is -0.399 e. The van der Waals surface area contributed by atoms with Gasteiger partial charge in [-0.1, -0.05) is 33.6 Å². The van der Waals surface area contributed by atoms with Crippen molar-refractivity contribution in [1.29, 1.82) is 0 Å². The molecule has 1 heterocycles. The van der Waals surface area contributed by atoms with Crippen LogP contribution >= 0.6 is 27.5 Å². The van der Waals surface area contributed by atoms with Gasteiger partial charge in [-0.15, -0.1) is 0 Å². The largest absolute Gasteiger partial charge is 0.399 e. The molecular formula is C14H12BrClN2O2S. The van der Waals surface area contributed by atoms with E-state index in [2.05, 4.69) is 15.9 Å². The molecule has 7 heteroatoms. The molecule has 110 valence electrons. The lowest BCUT2D eigenvalue weighted by atomic mass is 10.1. The normalized spacial score (nSPS) is 15.1. The Morgan fingerprint density at radius 2 is 1.81 bits per heavy atom. The first-order valence-electron chi connectivity index (χ1n) is 6.20. The number of benzene rings is 2. The molecule has 0 saturated heterocycles. The van der Waals surface area contributed by atoms with E-state index in [0.29, 0.717) is 18.8 Å². The Morgan fingerprint density at radius 1 is 1.10 bits per heavy atom. The van der Waals surface area contributed by atoms with Crippen LogP contribution in [0.3, 0.4) is 0 Å². The Bertz CT molecular complexity index is 824. The second-order valence-corrected chi connectivity index (χ2v) is 8.11. The molecular weight excluding hydrogens is 376 g/mol. The van der Waals surface area contributed by atoms with E-state index in [-0.39, 0.29) is 9.92 Å². The van der Waals surface area contributed by atoms with Gasteiger partial charge in [-0.3, -0.25) is 0 Å². The third-order valence-electron chi connectivity index (χ3n) is 3.44. The Balaban J connectivity index is 1.98. The van der Waals surface area contributed by atoms with Crippen LogP contribution in [0.15, 0.2) is 45.8 Å². The lowest BCUT2D eigenvalue weighted by Crippen LogP contribution is -2.25. The summed E-state index contributed by atoms with van der Waals surface area (Å²) < 4.78 is 27.6. The second-order valence-electron chi connectivity index (χ2n) is 4.88. The fraction of sp³-hybridized carbons (Fsp3) is 0.143. The maximum atomic E-state index is 12.7. The molecule has 0 fully saturated rings. The van der Waals surface area contributed by atoms with Crippen molar-refractivity contribution < 1.29 is 8.42 Å². The average molecular weight is 388 g/mol. The molecule has 1 aliphatic rings. The van der Waals surface area contributed by atoms with Crippen LogP contribution in [0.5, 0.6) is 0 Å². The van der Waals surface area contributed by atoms with Crippen molar-refractivity contribution in [2.45, 2.75) is 18.0 Å². The van der Waals surface area contributed by atoms with Gasteiger partial charge in [0.1, 0.15) is 4.90 Å². The quantitative estimate of drug-likeness (QED) is 0.803. The first kappa shape index (κ1) is 14.8. The number of sulfonamides is 1. The number of rotatable bonds is 2. The molecule has 0 aliphatic carbocycles. The summed E-state index contributed by atoms with van der Waals surface area (Å²) in [5.41, 5.74) is 8.29. The van der Waals surface area contributed by atoms with Crippen LogP contribution in [-0.4, -0.2) is 12.7 Å². The van der Waals surface area contributed by atoms with Gasteiger partial charge in [0, 0.05) is 23.2 Å². The molecule has 0 amide bonds. The summed E-state index contributed by atoms with van der Waals surface area (Å²) in [5, 5.41) is 0.208. The predicted molar refractivity (Wildman–Crippen MR) is 86.4 cm³/mol. The molecule has 0 aromatic heterocycles. The van der Waals surface area contributed by atoms with E-state index in [0.717, 1.165) is 15.6 Å². The van der Waals surface area contributed by atoms with Gasteiger partial charge in [0.25, 0.3) is 0 Å². The number of nitrogens with zero attached hydrogens (tertiary/aromatic N) is 1. The number of anilines is 1. The van der Waals surface area contributed by atoms with Crippen LogP contribution in [-0.2, 0) is 23.1 Å². The molecule has 0 atom stereocenters. The predicted octanol–water partition coefficient (Wildman–Crippen LogP) is 3.39. The molecule has 0 bridgehead atoms. The van der Waals surface area contributed by atoms with Crippen molar-refractivity contribution in [1.82, 2.24) is 4.31 Å². The Labute approximate surface area is 136 Å². The molecule has 21 heavy (non-hydrogen) atoms. The van der Waals surface area contributed by atoms with E-state index in [9.17, 15) is 8.42 Å². The topological polar surface area (TPSA) is 63.4 Å². The van der Waals surface area contributed by atoms with Gasteiger partial charge in [-0.2, -0.15) is 4.31 Å². The second kappa shape index (κ2) is 5.28. The SMILES string of the molecule is Nc1ccc2c(c1)CN(S(=O)(=O)c1ccc(Br)cc1Cl)C2. The zero-order chi connectivity index (χ0) is 15.2. The highest BCUT2D eigenvalue weighted by atomic mass is 79.9. The standard InChI is InChI=1S/C14H12BrClN2O2S/c15-11-2-4-14(13(16)6-11)21(19,20)18-7-9-1-3-12(17)5-10(9)8-18/h1-6H,7-8,17H2. The van der Waals surface area contributed by atoms with Gasteiger partial charge in [0.2, 0.25) is 10.0 Å². The first-order chi connectivity index (χ1) is 9.88. The lowest BCUT2D eigenvalue weighted by molar-refractivity contribution is 0.431. The van der Waals surface area contributed by atoms with Gasteiger partial charge in [-0.05, 0) is 41.5 Å². The van der Waals surface area contributed by atoms with Crippen molar-refractivity contribution in [3.05, 3.63) is 57.0 Å². The fourth-order valence-corrected chi connectivity index (χ4v) is 4.78. The van der Waals surface area contributed by atoms with E-state index >= 15 is 0 Å². The number of nitrogen functional groups attached to an aromatic ring is 1. The minimum absolute atomic E-state index is 0.119. The maximum Gasteiger partial charge on any atom is 0.245 e. The number of hydrogen-bond donors (Lipinski definition) is 1. The molecule has 3 rings (SSSR count). The fourth-order valence-electron chi connectivity index (χ4n) is 2.38. The number of nitrogens with two attached hydrogens (primary N) is 1. The van der Waals surface area contributed by atoms with E-state index in [1.54, 1.807) is 18.2 Å². The molecule has 0 saturated carbocycles. The highest BCUT2D eigenvalue weighted by Crippen LogP contribution is 2.33. The highest BCUT2D eigenvalue weighted by Gasteiger charge is 2.32. The Morgan fingerprint density at radius 3 is 2.52 bits per heavy atom. The van der Waals surface area contributed by atoms with Crippen LogP contribution in [0.4, 0.5) is 5.69 Å². The summed E-state index contributed by atoms with van der Waals surface area (Å²) >= 11 is 9.34. The van der Waals surface area contributed by atoms with Crippen LogP contribution in [0.2, 0.25) is 5.02 Å². The summed E-state index contributed by atoms with van der Waals surface area (Å²) in [7, 11) is -3.63. The monoisotopic (exact) mass is 386 g/mol. The number of fused-ring (bicyclic) bond motifs is 1. The highest BCUT2D eigenvalue weighted by molar-refractivity contribution is 9.10. The van der Waals surface area contributed by atoms with Gasteiger partial charge >= 0.3 is 0 Å². The molecule has 2 aromatic rings. The molecule has 4 nitrogen and oxygen atoms in total. The zero-order valence-corrected chi connectivity index (χ0v) is 14.0. The van der Waals surface area contributed by atoms with Crippen molar-refractivity contribution >= 4 is 43.2 Å². The van der Waals surface area contributed by atoms with Crippen molar-refractivity contribution in [3.8, 4) is 0 Å². The van der Waals surface area contributed by atoms with Gasteiger partial charge in [0.05, 0.1) is 5.02 Å². The zero-order valence-electron chi connectivity index (χ0n) is 10.9. The summed E-state index contributed by atoms with van der Waals surface area (Å²) in [5.74, 6) is 0. The molecule has 0 spiro atoms. The van der Waals surface area contributed by atoms with Crippen LogP contribution in [0.1, 0.15) is 11.1 Å². The summed E-state index contributed by atoms with van der Waals surface area (Å²) in [4.78, 5) is 0.119. The van der Waals surface area contributed by atoms with Gasteiger partial charge < -0.3 is 5.73 Å². The number of hydrogen-bond acceptors (Lipinski definition) is 3.